The number of hydrogen-bond acceptors (Lipinski definition) is 7. The molecule has 4 aromatic heterocycles. The Balaban J connectivity index is 1.44. The monoisotopic (exact) mass is 356 g/mol. The van der Waals surface area contributed by atoms with E-state index in [0.717, 1.165) is 21.4 Å². The molecule has 0 spiro atoms. The number of fused-ring (bicyclic) bond motifs is 1. The maximum atomic E-state index is 12.0. The zero-order valence-corrected chi connectivity index (χ0v) is 14.0. The summed E-state index contributed by atoms with van der Waals surface area (Å²) in [6.45, 7) is 0.495. The average Bonchev–Trinajstić information content (AvgIpc) is 3.33. The lowest BCUT2D eigenvalue weighted by Gasteiger charge is -2.03. The Bertz CT molecular complexity index is 961. The van der Waals surface area contributed by atoms with Crippen molar-refractivity contribution in [1.82, 2.24) is 29.9 Å². The normalized spacial score (nSPS) is 11.0. The molecule has 0 fully saturated rings. The van der Waals surface area contributed by atoms with E-state index in [1.807, 2.05) is 27.4 Å². The summed E-state index contributed by atoms with van der Waals surface area (Å²) >= 11 is 3.16. The number of thiazole rings is 1. The number of amides is 1. The number of thiophene rings is 1. The van der Waals surface area contributed by atoms with Gasteiger partial charge in [-0.05, 0) is 11.4 Å². The Kier molecular flexibility index (Phi) is 4.01. The van der Waals surface area contributed by atoms with Crippen molar-refractivity contribution >= 4 is 33.5 Å². The lowest BCUT2D eigenvalue weighted by Crippen LogP contribution is -2.26. The minimum Gasteiger partial charge on any atom is -0.350 e. The molecule has 1 N–H and O–H groups in total. The maximum Gasteiger partial charge on any atom is 0.271 e. The predicted molar refractivity (Wildman–Crippen MR) is 92.2 cm³/mol. The van der Waals surface area contributed by atoms with Gasteiger partial charge in [-0.25, -0.2) is 9.50 Å². The first-order valence-electron chi connectivity index (χ1n) is 7.22. The number of aromatic nitrogens is 5. The summed E-state index contributed by atoms with van der Waals surface area (Å²) in [5, 5.41) is 11.4. The largest absolute Gasteiger partial charge is 0.350 e. The highest BCUT2D eigenvalue weighted by Gasteiger charge is 2.12. The molecular formula is C15H12N6OS2. The van der Waals surface area contributed by atoms with Gasteiger partial charge in [-0.1, -0.05) is 6.07 Å². The summed E-state index contributed by atoms with van der Waals surface area (Å²) in [5.41, 5.74) is 1.33. The van der Waals surface area contributed by atoms with Gasteiger partial charge < -0.3 is 5.32 Å². The van der Waals surface area contributed by atoms with E-state index in [1.54, 1.807) is 22.7 Å². The molecule has 1 amide bonds. The molecule has 7 nitrogen and oxygen atoms in total. The van der Waals surface area contributed by atoms with Gasteiger partial charge in [0.05, 0.1) is 16.8 Å². The van der Waals surface area contributed by atoms with E-state index in [-0.39, 0.29) is 5.91 Å². The number of rotatable bonds is 5. The third-order valence-electron chi connectivity index (χ3n) is 3.35. The number of nitrogens with one attached hydrogen (secondary N) is 1. The molecule has 4 rings (SSSR count). The Morgan fingerprint density at radius 1 is 1.29 bits per heavy atom. The third-order valence-corrected chi connectivity index (χ3v) is 5.08. The molecule has 0 saturated carbocycles. The molecule has 0 radical (unpaired) electrons. The molecule has 0 aliphatic rings. The maximum absolute atomic E-state index is 12.0. The van der Waals surface area contributed by atoms with Crippen molar-refractivity contribution in [1.29, 1.82) is 0 Å². The fourth-order valence-electron chi connectivity index (χ4n) is 2.22. The molecule has 0 aliphatic carbocycles. The van der Waals surface area contributed by atoms with Crippen LogP contribution < -0.4 is 5.32 Å². The van der Waals surface area contributed by atoms with Crippen molar-refractivity contribution in [2.75, 3.05) is 6.54 Å². The Morgan fingerprint density at radius 3 is 3.04 bits per heavy atom. The van der Waals surface area contributed by atoms with Crippen LogP contribution in [0.2, 0.25) is 0 Å². The standard InChI is InChI=1S/C15H12N6OS2/c22-14(11-8-16-5-6-17-11)18-4-3-10-9-24-15-19-13(20-21(10)15)12-2-1-7-23-12/h1-2,5-9H,3-4H2,(H,18,22). The zero-order valence-electron chi connectivity index (χ0n) is 12.4. The van der Waals surface area contributed by atoms with E-state index in [9.17, 15) is 4.79 Å². The fraction of sp³-hybridized carbons (Fsp3) is 0.133. The molecule has 24 heavy (non-hydrogen) atoms. The number of nitrogens with zero attached hydrogens (tertiary/aromatic N) is 5. The minimum absolute atomic E-state index is 0.229. The Morgan fingerprint density at radius 2 is 2.25 bits per heavy atom. The fourth-order valence-corrected chi connectivity index (χ4v) is 3.73. The molecule has 0 aliphatic heterocycles. The van der Waals surface area contributed by atoms with Gasteiger partial charge in [0.1, 0.15) is 5.69 Å². The molecular weight excluding hydrogens is 344 g/mol. The van der Waals surface area contributed by atoms with Crippen LogP contribution >= 0.6 is 22.7 Å². The quantitative estimate of drug-likeness (QED) is 0.593. The average molecular weight is 356 g/mol. The highest BCUT2D eigenvalue weighted by molar-refractivity contribution is 7.15. The first kappa shape index (κ1) is 14.9. The van der Waals surface area contributed by atoms with Crippen LogP contribution in [0.15, 0.2) is 41.5 Å². The molecule has 9 heteroatoms. The second-order valence-corrected chi connectivity index (χ2v) is 6.71. The van der Waals surface area contributed by atoms with Crippen LogP contribution in [0.25, 0.3) is 15.7 Å². The van der Waals surface area contributed by atoms with Crippen molar-refractivity contribution in [3.05, 3.63) is 52.9 Å². The molecule has 4 heterocycles. The van der Waals surface area contributed by atoms with E-state index in [4.69, 9.17) is 0 Å². The molecule has 0 unspecified atom stereocenters. The van der Waals surface area contributed by atoms with Gasteiger partial charge in [0.2, 0.25) is 4.96 Å². The molecule has 0 aromatic carbocycles. The van der Waals surface area contributed by atoms with Gasteiger partial charge >= 0.3 is 0 Å². The lowest BCUT2D eigenvalue weighted by atomic mass is 10.3. The molecule has 0 bridgehead atoms. The Labute approximate surface area is 145 Å². The summed E-state index contributed by atoms with van der Waals surface area (Å²) in [6.07, 6.45) is 5.15. The summed E-state index contributed by atoms with van der Waals surface area (Å²) < 4.78 is 1.84. The van der Waals surface area contributed by atoms with Crippen LogP contribution in [-0.2, 0) is 6.42 Å². The van der Waals surface area contributed by atoms with Crippen molar-refractivity contribution in [2.24, 2.45) is 0 Å². The lowest BCUT2D eigenvalue weighted by molar-refractivity contribution is 0.0948. The molecule has 0 atom stereocenters. The van der Waals surface area contributed by atoms with Crippen molar-refractivity contribution in [2.45, 2.75) is 6.42 Å². The number of hydrogen-bond donors (Lipinski definition) is 1. The van der Waals surface area contributed by atoms with E-state index in [0.29, 0.717) is 18.7 Å². The van der Waals surface area contributed by atoms with Crippen LogP contribution in [0.4, 0.5) is 0 Å². The van der Waals surface area contributed by atoms with E-state index >= 15 is 0 Å². The van der Waals surface area contributed by atoms with E-state index < -0.39 is 0 Å². The number of carbonyl (C=O) groups is 1. The van der Waals surface area contributed by atoms with E-state index in [2.05, 4.69) is 25.4 Å². The van der Waals surface area contributed by atoms with Crippen molar-refractivity contribution < 1.29 is 4.79 Å². The van der Waals surface area contributed by atoms with Crippen LogP contribution in [-0.4, -0.2) is 37.0 Å². The van der Waals surface area contributed by atoms with Gasteiger partial charge in [0, 0.05) is 30.7 Å². The zero-order chi connectivity index (χ0) is 16.4. The van der Waals surface area contributed by atoms with Crippen molar-refractivity contribution in [3.63, 3.8) is 0 Å². The summed E-state index contributed by atoms with van der Waals surface area (Å²) in [4.78, 5) is 26.3. The van der Waals surface area contributed by atoms with Gasteiger partial charge in [-0.3, -0.25) is 9.78 Å². The summed E-state index contributed by atoms with van der Waals surface area (Å²) in [6, 6.07) is 3.99. The summed E-state index contributed by atoms with van der Waals surface area (Å²) in [5.74, 6) is 0.508. The highest BCUT2D eigenvalue weighted by Crippen LogP contribution is 2.24. The molecule has 120 valence electrons. The highest BCUT2D eigenvalue weighted by atomic mass is 32.1. The van der Waals surface area contributed by atoms with Gasteiger partial charge in [0.25, 0.3) is 5.91 Å². The molecule has 4 aromatic rings. The molecule has 0 saturated heterocycles. The first-order valence-corrected chi connectivity index (χ1v) is 8.98. The Hall–Kier alpha value is -2.65. The van der Waals surface area contributed by atoms with Gasteiger partial charge in [0.15, 0.2) is 5.82 Å². The van der Waals surface area contributed by atoms with Crippen LogP contribution in [0.3, 0.4) is 0 Å². The minimum atomic E-state index is -0.229. The number of carbonyl (C=O) groups excluding carboxylic acids is 1. The second kappa shape index (κ2) is 6.46. The summed E-state index contributed by atoms with van der Waals surface area (Å²) in [7, 11) is 0. The van der Waals surface area contributed by atoms with Crippen LogP contribution in [0, 0.1) is 0 Å². The van der Waals surface area contributed by atoms with Gasteiger partial charge in [-0.15, -0.1) is 27.8 Å². The third kappa shape index (κ3) is 2.91. The smallest absolute Gasteiger partial charge is 0.271 e. The van der Waals surface area contributed by atoms with Crippen LogP contribution in [0.1, 0.15) is 16.2 Å². The van der Waals surface area contributed by atoms with Crippen LogP contribution in [0.5, 0.6) is 0 Å². The second-order valence-electron chi connectivity index (χ2n) is 4.93. The predicted octanol–water partition coefficient (Wildman–Crippen LogP) is 2.28. The first-order chi connectivity index (χ1) is 11.8. The van der Waals surface area contributed by atoms with Crippen molar-refractivity contribution in [3.8, 4) is 10.7 Å². The SMILES string of the molecule is O=C(NCCc1csc2nc(-c3cccs3)nn12)c1cnccn1. The van der Waals surface area contributed by atoms with Gasteiger partial charge in [-0.2, -0.15) is 4.98 Å². The van der Waals surface area contributed by atoms with E-state index in [1.165, 1.54) is 18.6 Å². The topological polar surface area (TPSA) is 85.1 Å².